The fourth-order valence-corrected chi connectivity index (χ4v) is 2.39. The van der Waals surface area contributed by atoms with E-state index in [-0.39, 0.29) is 0 Å². The third-order valence-electron chi connectivity index (χ3n) is 3.44. The van der Waals surface area contributed by atoms with Crippen LogP contribution in [0.15, 0.2) is 24.3 Å². The van der Waals surface area contributed by atoms with Gasteiger partial charge in [-0.15, -0.1) is 0 Å². The summed E-state index contributed by atoms with van der Waals surface area (Å²) in [6.07, 6.45) is 2.97. The maximum Gasteiger partial charge on any atom is 0.155 e. The molecule has 0 radical (unpaired) electrons. The number of aryl methyl sites for hydroxylation is 1. The van der Waals surface area contributed by atoms with Crippen molar-refractivity contribution in [2.24, 2.45) is 5.92 Å². The summed E-state index contributed by atoms with van der Waals surface area (Å²) in [5, 5.41) is 13.8. The number of fused-ring (bicyclic) bond motifs is 1. The minimum atomic E-state index is 0.296. The highest BCUT2D eigenvalue weighted by atomic mass is 16.3. The summed E-state index contributed by atoms with van der Waals surface area (Å²) in [6.45, 7) is 3.24. The van der Waals surface area contributed by atoms with E-state index in [2.05, 4.69) is 17.0 Å². The van der Waals surface area contributed by atoms with Crippen LogP contribution < -0.4 is 0 Å². The van der Waals surface area contributed by atoms with Gasteiger partial charge in [-0.2, -0.15) is 5.10 Å². The molecule has 4 heteroatoms. The summed E-state index contributed by atoms with van der Waals surface area (Å²) in [4.78, 5) is 4.59. The van der Waals surface area contributed by atoms with Crippen molar-refractivity contribution in [2.45, 2.75) is 32.7 Å². The first kappa shape index (κ1) is 11.3. The summed E-state index contributed by atoms with van der Waals surface area (Å²) in [5.41, 5.74) is 1.13. The number of rotatable bonds is 2. The second-order valence-electron chi connectivity index (χ2n) is 5.11. The Bertz CT molecular complexity index is 545. The van der Waals surface area contributed by atoms with E-state index in [9.17, 15) is 5.11 Å². The van der Waals surface area contributed by atoms with Crippen molar-refractivity contribution < 1.29 is 5.11 Å². The molecule has 0 saturated carbocycles. The highest BCUT2D eigenvalue weighted by Gasteiger charge is 2.18. The largest absolute Gasteiger partial charge is 0.508 e. The van der Waals surface area contributed by atoms with Gasteiger partial charge in [0, 0.05) is 19.4 Å². The molecule has 1 aliphatic heterocycles. The van der Waals surface area contributed by atoms with Crippen LogP contribution in [0.2, 0.25) is 0 Å². The summed E-state index contributed by atoms with van der Waals surface area (Å²) < 4.78 is 2.05. The average Bonchev–Trinajstić information content (AvgIpc) is 2.73. The Kier molecular flexibility index (Phi) is 2.78. The highest BCUT2D eigenvalue weighted by molar-refractivity contribution is 5.27. The number of aromatic hydroxyl groups is 1. The van der Waals surface area contributed by atoms with Crippen molar-refractivity contribution in [3.63, 3.8) is 0 Å². The molecule has 2 heterocycles. The maximum atomic E-state index is 9.25. The summed E-state index contributed by atoms with van der Waals surface area (Å²) in [7, 11) is 0. The molecule has 1 aliphatic rings. The SMILES string of the molecule is CC1CCc2nc(Cc3ccc(O)cc3)nn2C1. The summed E-state index contributed by atoms with van der Waals surface area (Å²) in [5.74, 6) is 2.98. The molecule has 0 aliphatic carbocycles. The Balaban J connectivity index is 1.79. The average molecular weight is 243 g/mol. The molecule has 18 heavy (non-hydrogen) atoms. The Morgan fingerprint density at radius 2 is 2.11 bits per heavy atom. The van der Waals surface area contributed by atoms with Crippen LogP contribution in [0.3, 0.4) is 0 Å². The van der Waals surface area contributed by atoms with E-state index in [0.29, 0.717) is 11.7 Å². The number of nitrogens with zero attached hydrogens (tertiary/aromatic N) is 3. The Morgan fingerprint density at radius 1 is 1.33 bits per heavy atom. The number of aromatic nitrogens is 3. The van der Waals surface area contributed by atoms with Crippen molar-refractivity contribution in [3.8, 4) is 5.75 Å². The molecule has 1 aromatic carbocycles. The molecule has 0 amide bonds. The Hall–Kier alpha value is -1.84. The normalized spacial score (nSPS) is 18.6. The van der Waals surface area contributed by atoms with Gasteiger partial charge in [-0.1, -0.05) is 19.1 Å². The number of hydrogen-bond donors (Lipinski definition) is 1. The molecule has 0 spiro atoms. The van der Waals surface area contributed by atoms with Crippen LogP contribution in [0.4, 0.5) is 0 Å². The number of phenolic OH excluding ortho intramolecular Hbond substituents is 1. The molecule has 0 fully saturated rings. The lowest BCUT2D eigenvalue weighted by atomic mass is 10.0. The zero-order chi connectivity index (χ0) is 12.5. The minimum Gasteiger partial charge on any atom is -0.508 e. The first-order valence-corrected chi connectivity index (χ1v) is 6.41. The Morgan fingerprint density at radius 3 is 2.89 bits per heavy atom. The zero-order valence-electron chi connectivity index (χ0n) is 10.5. The van der Waals surface area contributed by atoms with E-state index >= 15 is 0 Å². The van der Waals surface area contributed by atoms with Gasteiger partial charge < -0.3 is 5.11 Å². The van der Waals surface area contributed by atoms with Crippen molar-refractivity contribution in [2.75, 3.05) is 0 Å². The zero-order valence-corrected chi connectivity index (χ0v) is 10.5. The predicted octanol–water partition coefficient (Wildman–Crippen LogP) is 2.16. The number of phenols is 1. The van der Waals surface area contributed by atoms with Crippen LogP contribution in [0.5, 0.6) is 5.75 Å². The van der Waals surface area contributed by atoms with Gasteiger partial charge in [0.25, 0.3) is 0 Å². The standard InChI is InChI=1S/C14H17N3O/c1-10-2-7-14-15-13(16-17(14)9-10)8-11-3-5-12(18)6-4-11/h3-6,10,18H,2,7-9H2,1H3. The van der Waals surface area contributed by atoms with Crippen molar-refractivity contribution in [1.82, 2.24) is 14.8 Å². The second kappa shape index (κ2) is 4.44. The van der Waals surface area contributed by atoms with Gasteiger partial charge in [0.05, 0.1) is 0 Å². The molecule has 1 atom stereocenters. The van der Waals surface area contributed by atoms with Gasteiger partial charge in [-0.3, -0.25) is 0 Å². The first-order chi connectivity index (χ1) is 8.70. The number of benzene rings is 1. The van der Waals surface area contributed by atoms with Crippen LogP contribution in [0.25, 0.3) is 0 Å². The highest BCUT2D eigenvalue weighted by Crippen LogP contribution is 2.19. The predicted molar refractivity (Wildman–Crippen MR) is 68.4 cm³/mol. The fraction of sp³-hybridized carbons (Fsp3) is 0.429. The molecule has 94 valence electrons. The van der Waals surface area contributed by atoms with Crippen LogP contribution in [0.1, 0.15) is 30.6 Å². The fourth-order valence-electron chi connectivity index (χ4n) is 2.39. The molecule has 1 N–H and O–H groups in total. The molecule has 2 aromatic rings. The monoisotopic (exact) mass is 243 g/mol. The van der Waals surface area contributed by atoms with Crippen LogP contribution in [-0.2, 0) is 19.4 Å². The van der Waals surface area contributed by atoms with Gasteiger partial charge in [-0.25, -0.2) is 9.67 Å². The van der Waals surface area contributed by atoms with Gasteiger partial charge in [0.15, 0.2) is 5.82 Å². The molecule has 1 unspecified atom stereocenters. The first-order valence-electron chi connectivity index (χ1n) is 6.41. The van der Waals surface area contributed by atoms with Crippen LogP contribution >= 0.6 is 0 Å². The lowest BCUT2D eigenvalue weighted by molar-refractivity contribution is 0.367. The van der Waals surface area contributed by atoms with Gasteiger partial charge in [-0.05, 0) is 30.0 Å². The van der Waals surface area contributed by atoms with Gasteiger partial charge >= 0.3 is 0 Å². The summed E-state index contributed by atoms with van der Waals surface area (Å²) in [6, 6.07) is 7.23. The van der Waals surface area contributed by atoms with E-state index in [1.165, 1.54) is 6.42 Å². The third kappa shape index (κ3) is 2.23. The van der Waals surface area contributed by atoms with Gasteiger partial charge in [0.1, 0.15) is 11.6 Å². The van der Waals surface area contributed by atoms with E-state index in [0.717, 1.165) is 36.6 Å². The lowest BCUT2D eigenvalue weighted by Gasteiger charge is -2.17. The van der Waals surface area contributed by atoms with Crippen molar-refractivity contribution in [1.29, 1.82) is 0 Å². The van der Waals surface area contributed by atoms with Crippen LogP contribution in [0, 0.1) is 5.92 Å². The molecule has 1 aromatic heterocycles. The molecule has 0 saturated heterocycles. The second-order valence-corrected chi connectivity index (χ2v) is 5.11. The van der Waals surface area contributed by atoms with Crippen molar-refractivity contribution >= 4 is 0 Å². The Labute approximate surface area is 106 Å². The summed E-state index contributed by atoms with van der Waals surface area (Å²) >= 11 is 0. The topological polar surface area (TPSA) is 50.9 Å². The smallest absolute Gasteiger partial charge is 0.155 e. The van der Waals surface area contributed by atoms with Crippen molar-refractivity contribution in [3.05, 3.63) is 41.5 Å². The van der Waals surface area contributed by atoms with E-state index in [4.69, 9.17) is 0 Å². The minimum absolute atomic E-state index is 0.296. The van der Waals surface area contributed by atoms with E-state index in [1.807, 2.05) is 16.8 Å². The lowest BCUT2D eigenvalue weighted by Crippen LogP contribution is -2.18. The van der Waals surface area contributed by atoms with Crippen LogP contribution in [-0.4, -0.2) is 19.9 Å². The number of hydrogen-bond acceptors (Lipinski definition) is 3. The maximum absolute atomic E-state index is 9.25. The molecule has 4 nitrogen and oxygen atoms in total. The quantitative estimate of drug-likeness (QED) is 0.879. The molecular weight excluding hydrogens is 226 g/mol. The molecule has 0 bridgehead atoms. The van der Waals surface area contributed by atoms with E-state index in [1.54, 1.807) is 12.1 Å². The molecule has 3 rings (SSSR count). The van der Waals surface area contributed by atoms with Gasteiger partial charge in [0.2, 0.25) is 0 Å². The van der Waals surface area contributed by atoms with E-state index < -0.39 is 0 Å². The third-order valence-corrected chi connectivity index (χ3v) is 3.44. The molecular formula is C14H17N3O.